The summed E-state index contributed by atoms with van der Waals surface area (Å²) < 4.78 is 11.2. The minimum Gasteiger partial charge on any atom is -0.497 e. The highest BCUT2D eigenvalue weighted by Gasteiger charge is 2.29. The molecule has 1 amide bonds. The molecule has 2 atom stereocenters. The zero-order valence-electron chi connectivity index (χ0n) is 13.4. The first-order chi connectivity index (χ1) is 11.2. The number of benzene rings is 2. The van der Waals surface area contributed by atoms with Crippen molar-refractivity contribution in [2.45, 2.75) is 19.1 Å². The van der Waals surface area contributed by atoms with Crippen molar-refractivity contribution in [3.63, 3.8) is 0 Å². The predicted octanol–water partition coefficient (Wildman–Crippen LogP) is 3.30. The van der Waals surface area contributed by atoms with Crippen LogP contribution < -0.4 is 4.74 Å². The Hall–Kier alpha value is -2.33. The molecule has 0 N–H and O–H groups in total. The maximum absolute atomic E-state index is 12.8. The highest BCUT2D eigenvalue weighted by atomic mass is 16.5. The van der Waals surface area contributed by atoms with Crippen molar-refractivity contribution in [1.82, 2.24) is 4.90 Å². The summed E-state index contributed by atoms with van der Waals surface area (Å²) in [7, 11) is 1.62. The minimum atomic E-state index is -0.0813. The van der Waals surface area contributed by atoms with Crippen LogP contribution in [0.1, 0.15) is 28.9 Å². The minimum absolute atomic E-state index is 0.0103. The SMILES string of the molecule is COc1ccc(C(=O)N2CC(C)OC(c3ccccc3)C2)cc1. The van der Waals surface area contributed by atoms with Crippen LogP contribution in [0.5, 0.6) is 5.75 Å². The van der Waals surface area contributed by atoms with Crippen molar-refractivity contribution in [3.05, 3.63) is 65.7 Å². The third-order valence-electron chi connectivity index (χ3n) is 4.06. The van der Waals surface area contributed by atoms with E-state index in [9.17, 15) is 4.79 Å². The molecule has 0 spiro atoms. The van der Waals surface area contributed by atoms with Gasteiger partial charge in [-0.3, -0.25) is 4.79 Å². The van der Waals surface area contributed by atoms with Gasteiger partial charge in [0.1, 0.15) is 11.9 Å². The largest absolute Gasteiger partial charge is 0.497 e. The van der Waals surface area contributed by atoms with Crippen LogP contribution in [0.2, 0.25) is 0 Å². The summed E-state index contributed by atoms with van der Waals surface area (Å²) >= 11 is 0. The quantitative estimate of drug-likeness (QED) is 0.873. The summed E-state index contributed by atoms with van der Waals surface area (Å²) in [5, 5.41) is 0. The summed E-state index contributed by atoms with van der Waals surface area (Å²) in [5.41, 5.74) is 1.78. The molecule has 0 radical (unpaired) electrons. The predicted molar refractivity (Wildman–Crippen MR) is 88.6 cm³/mol. The van der Waals surface area contributed by atoms with Gasteiger partial charge >= 0.3 is 0 Å². The van der Waals surface area contributed by atoms with Gasteiger partial charge < -0.3 is 14.4 Å². The van der Waals surface area contributed by atoms with E-state index >= 15 is 0 Å². The van der Waals surface area contributed by atoms with Gasteiger partial charge in [-0.05, 0) is 36.8 Å². The van der Waals surface area contributed by atoms with Crippen LogP contribution >= 0.6 is 0 Å². The molecule has 1 aliphatic heterocycles. The Morgan fingerprint density at radius 2 is 1.78 bits per heavy atom. The Labute approximate surface area is 136 Å². The lowest BCUT2D eigenvalue weighted by Gasteiger charge is -2.37. The van der Waals surface area contributed by atoms with Crippen molar-refractivity contribution < 1.29 is 14.3 Å². The van der Waals surface area contributed by atoms with Gasteiger partial charge in [0.05, 0.1) is 19.8 Å². The lowest BCUT2D eigenvalue weighted by molar-refractivity contribution is -0.0691. The summed E-state index contributed by atoms with van der Waals surface area (Å²) in [6.45, 7) is 3.18. The monoisotopic (exact) mass is 311 g/mol. The maximum Gasteiger partial charge on any atom is 0.254 e. The molecule has 0 aromatic heterocycles. The normalized spacial score (nSPS) is 21.0. The second-order valence-electron chi connectivity index (χ2n) is 5.78. The third kappa shape index (κ3) is 3.54. The molecule has 0 bridgehead atoms. The molecular formula is C19H21NO3. The number of nitrogens with zero attached hydrogens (tertiary/aromatic N) is 1. The van der Waals surface area contributed by atoms with Gasteiger partial charge in [-0.1, -0.05) is 30.3 Å². The van der Waals surface area contributed by atoms with E-state index in [0.717, 1.165) is 11.3 Å². The fourth-order valence-electron chi connectivity index (χ4n) is 2.89. The highest BCUT2D eigenvalue weighted by Crippen LogP contribution is 2.26. The van der Waals surface area contributed by atoms with E-state index in [1.807, 2.05) is 54.3 Å². The number of rotatable bonds is 3. The number of hydrogen-bond donors (Lipinski definition) is 0. The standard InChI is InChI=1S/C19H21NO3/c1-14-12-20(13-18(23-14)15-6-4-3-5-7-15)19(21)16-8-10-17(22-2)11-9-16/h3-11,14,18H,12-13H2,1-2H3. The molecule has 23 heavy (non-hydrogen) atoms. The van der Waals surface area contributed by atoms with Crippen molar-refractivity contribution in [2.75, 3.05) is 20.2 Å². The number of ether oxygens (including phenoxy) is 2. The van der Waals surface area contributed by atoms with Gasteiger partial charge in [0.25, 0.3) is 5.91 Å². The summed E-state index contributed by atoms with van der Waals surface area (Å²) in [5.74, 6) is 0.780. The van der Waals surface area contributed by atoms with E-state index in [2.05, 4.69) is 0 Å². The molecule has 1 heterocycles. The van der Waals surface area contributed by atoms with Gasteiger partial charge in [0.15, 0.2) is 0 Å². The van der Waals surface area contributed by atoms with Gasteiger partial charge in [-0.15, -0.1) is 0 Å². The van der Waals surface area contributed by atoms with Gasteiger partial charge in [-0.25, -0.2) is 0 Å². The number of morpholine rings is 1. The Balaban J connectivity index is 1.77. The second-order valence-corrected chi connectivity index (χ2v) is 5.78. The molecule has 1 saturated heterocycles. The fourth-order valence-corrected chi connectivity index (χ4v) is 2.89. The van der Waals surface area contributed by atoms with Crippen molar-refractivity contribution in [1.29, 1.82) is 0 Å². The average Bonchev–Trinajstić information content (AvgIpc) is 2.61. The van der Waals surface area contributed by atoms with Crippen LogP contribution in [0.4, 0.5) is 0 Å². The Kier molecular flexibility index (Phi) is 4.63. The fraction of sp³-hybridized carbons (Fsp3) is 0.316. The Morgan fingerprint density at radius 1 is 1.09 bits per heavy atom. The third-order valence-corrected chi connectivity index (χ3v) is 4.06. The van der Waals surface area contributed by atoms with E-state index in [1.54, 1.807) is 19.2 Å². The average molecular weight is 311 g/mol. The lowest BCUT2D eigenvalue weighted by Crippen LogP contribution is -2.45. The van der Waals surface area contributed by atoms with Crippen LogP contribution in [0, 0.1) is 0 Å². The number of hydrogen-bond acceptors (Lipinski definition) is 3. The first-order valence-corrected chi connectivity index (χ1v) is 7.81. The highest BCUT2D eigenvalue weighted by molar-refractivity contribution is 5.94. The molecule has 1 aliphatic rings. The van der Waals surface area contributed by atoms with Crippen LogP contribution in [-0.2, 0) is 4.74 Å². The topological polar surface area (TPSA) is 38.8 Å². The molecule has 1 fully saturated rings. The van der Waals surface area contributed by atoms with Crippen LogP contribution in [0.15, 0.2) is 54.6 Å². The Bertz CT molecular complexity index is 654. The molecule has 2 unspecified atom stereocenters. The number of methoxy groups -OCH3 is 1. The lowest BCUT2D eigenvalue weighted by atomic mass is 10.1. The molecule has 4 nitrogen and oxygen atoms in total. The smallest absolute Gasteiger partial charge is 0.254 e. The zero-order valence-corrected chi connectivity index (χ0v) is 13.4. The molecule has 2 aromatic carbocycles. The van der Waals surface area contributed by atoms with Gasteiger partial charge in [-0.2, -0.15) is 0 Å². The van der Waals surface area contributed by atoms with Crippen molar-refractivity contribution >= 4 is 5.91 Å². The second kappa shape index (κ2) is 6.84. The van der Waals surface area contributed by atoms with E-state index in [4.69, 9.17) is 9.47 Å². The summed E-state index contributed by atoms with van der Waals surface area (Å²) in [6.07, 6.45) is -0.0710. The van der Waals surface area contributed by atoms with Gasteiger partial charge in [0.2, 0.25) is 0 Å². The van der Waals surface area contributed by atoms with Crippen molar-refractivity contribution in [2.24, 2.45) is 0 Å². The molecular weight excluding hydrogens is 290 g/mol. The molecule has 0 aliphatic carbocycles. The zero-order chi connectivity index (χ0) is 16.2. The number of amides is 1. The molecule has 120 valence electrons. The van der Waals surface area contributed by atoms with Gasteiger partial charge in [0, 0.05) is 12.1 Å². The number of carbonyl (C=O) groups is 1. The summed E-state index contributed by atoms with van der Waals surface area (Å²) in [6, 6.07) is 17.3. The Morgan fingerprint density at radius 3 is 2.43 bits per heavy atom. The van der Waals surface area contributed by atoms with Crippen molar-refractivity contribution in [3.8, 4) is 5.75 Å². The first kappa shape index (κ1) is 15.6. The molecule has 2 aromatic rings. The van der Waals surface area contributed by atoms with E-state index in [0.29, 0.717) is 18.7 Å². The van der Waals surface area contributed by atoms with E-state index < -0.39 is 0 Å². The maximum atomic E-state index is 12.8. The molecule has 4 heteroatoms. The number of carbonyl (C=O) groups excluding carboxylic acids is 1. The van der Waals surface area contributed by atoms with E-state index in [-0.39, 0.29) is 18.1 Å². The first-order valence-electron chi connectivity index (χ1n) is 7.81. The van der Waals surface area contributed by atoms with Crippen LogP contribution in [-0.4, -0.2) is 37.1 Å². The van der Waals surface area contributed by atoms with Crippen LogP contribution in [0.3, 0.4) is 0 Å². The molecule has 0 saturated carbocycles. The summed E-state index contributed by atoms with van der Waals surface area (Å²) in [4.78, 5) is 14.6. The van der Waals surface area contributed by atoms with Crippen LogP contribution in [0.25, 0.3) is 0 Å². The van der Waals surface area contributed by atoms with E-state index in [1.165, 1.54) is 0 Å². The molecule has 3 rings (SSSR count).